The van der Waals surface area contributed by atoms with Crippen LogP contribution in [-0.2, 0) is 0 Å². The number of ether oxygens (including phenoxy) is 1. The predicted octanol–water partition coefficient (Wildman–Crippen LogP) is 4.28. The Morgan fingerprint density at radius 3 is 2.80 bits per heavy atom. The molecule has 5 heteroatoms. The van der Waals surface area contributed by atoms with Gasteiger partial charge in [-0.1, -0.05) is 19.3 Å². The smallest absolute Gasteiger partial charge is 0.337 e. The van der Waals surface area contributed by atoms with E-state index in [1.54, 1.807) is 30.5 Å². The van der Waals surface area contributed by atoms with Gasteiger partial charge >= 0.3 is 5.97 Å². The van der Waals surface area contributed by atoms with Crippen molar-refractivity contribution in [2.75, 3.05) is 6.61 Å². The number of carbonyl (C=O) groups is 1. The first-order chi connectivity index (χ1) is 12.2. The van der Waals surface area contributed by atoms with E-state index < -0.39 is 5.97 Å². The minimum Gasteiger partial charge on any atom is -0.492 e. The highest BCUT2D eigenvalue weighted by molar-refractivity contribution is 5.94. The molecule has 0 unspecified atom stereocenters. The van der Waals surface area contributed by atoms with Crippen LogP contribution < -0.4 is 4.74 Å². The SMILES string of the molecule is N#Cc1cc(-c2ncccc2C(=O)O)ccc1OCC1CCCCC1. The number of aromatic nitrogens is 1. The Labute approximate surface area is 146 Å². The molecule has 0 spiro atoms. The molecule has 1 aliphatic rings. The van der Waals surface area contributed by atoms with Crippen LogP contribution >= 0.6 is 0 Å². The highest BCUT2D eigenvalue weighted by Crippen LogP contribution is 2.29. The molecule has 0 amide bonds. The average molecular weight is 336 g/mol. The van der Waals surface area contributed by atoms with Crippen LogP contribution in [0.4, 0.5) is 0 Å². The van der Waals surface area contributed by atoms with Crippen molar-refractivity contribution >= 4 is 5.97 Å². The first kappa shape index (κ1) is 17.0. The molecule has 0 radical (unpaired) electrons. The summed E-state index contributed by atoms with van der Waals surface area (Å²) in [6.45, 7) is 0.623. The van der Waals surface area contributed by atoms with Gasteiger partial charge in [0.2, 0.25) is 0 Å². The number of hydrogen-bond acceptors (Lipinski definition) is 4. The number of nitriles is 1. The number of aromatic carboxylic acids is 1. The van der Waals surface area contributed by atoms with Gasteiger partial charge in [-0.2, -0.15) is 5.26 Å². The van der Waals surface area contributed by atoms with Gasteiger partial charge in [0.15, 0.2) is 0 Å². The zero-order valence-corrected chi connectivity index (χ0v) is 13.9. The van der Waals surface area contributed by atoms with Crippen LogP contribution in [0.3, 0.4) is 0 Å². The van der Waals surface area contributed by atoms with Crippen molar-refractivity contribution in [1.82, 2.24) is 4.98 Å². The second kappa shape index (κ2) is 7.80. The van der Waals surface area contributed by atoms with Crippen molar-refractivity contribution in [2.45, 2.75) is 32.1 Å². The lowest BCUT2D eigenvalue weighted by atomic mass is 9.90. The van der Waals surface area contributed by atoms with Gasteiger partial charge < -0.3 is 9.84 Å². The summed E-state index contributed by atoms with van der Waals surface area (Å²) < 4.78 is 5.88. The fourth-order valence-corrected chi connectivity index (χ4v) is 3.26. The second-order valence-corrected chi connectivity index (χ2v) is 6.34. The van der Waals surface area contributed by atoms with Gasteiger partial charge in [-0.15, -0.1) is 0 Å². The quantitative estimate of drug-likeness (QED) is 0.881. The number of carboxylic acids is 1. The van der Waals surface area contributed by atoms with Crippen molar-refractivity contribution in [3.8, 4) is 23.1 Å². The summed E-state index contributed by atoms with van der Waals surface area (Å²) in [6.07, 6.45) is 7.68. The van der Waals surface area contributed by atoms with E-state index in [9.17, 15) is 15.2 Å². The van der Waals surface area contributed by atoms with Gasteiger partial charge in [0.1, 0.15) is 11.8 Å². The van der Waals surface area contributed by atoms with Gasteiger partial charge in [0.25, 0.3) is 0 Å². The van der Waals surface area contributed by atoms with Crippen molar-refractivity contribution in [2.24, 2.45) is 5.92 Å². The lowest BCUT2D eigenvalue weighted by Crippen LogP contribution is -2.15. The van der Waals surface area contributed by atoms with Crippen LogP contribution in [0.1, 0.15) is 48.0 Å². The maximum atomic E-state index is 11.4. The van der Waals surface area contributed by atoms with Crippen LogP contribution in [0.5, 0.6) is 5.75 Å². The third kappa shape index (κ3) is 3.97. The molecule has 0 atom stereocenters. The van der Waals surface area contributed by atoms with Gasteiger partial charge in [-0.05, 0) is 49.1 Å². The van der Waals surface area contributed by atoms with Crippen molar-refractivity contribution in [1.29, 1.82) is 5.26 Å². The molecule has 128 valence electrons. The zero-order chi connectivity index (χ0) is 17.6. The molecule has 2 aromatic rings. The summed E-state index contributed by atoms with van der Waals surface area (Å²) in [6, 6.07) is 10.4. The van der Waals surface area contributed by atoms with Gasteiger partial charge in [-0.25, -0.2) is 4.79 Å². The van der Waals surface area contributed by atoms with Crippen LogP contribution in [0.25, 0.3) is 11.3 Å². The molecule has 0 aliphatic heterocycles. The van der Waals surface area contributed by atoms with Crippen molar-refractivity contribution < 1.29 is 14.6 Å². The Hall–Kier alpha value is -2.87. The second-order valence-electron chi connectivity index (χ2n) is 6.34. The number of carboxylic acid groups (broad SMARTS) is 1. The summed E-state index contributed by atoms with van der Waals surface area (Å²) in [5.74, 6) is 0.0539. The monoisotopic (exact) mass is 336 g/mol. The zero-order valence-electron chi connectivity index (χ0n) is 13.9. The van der Waals surface area contributed by atoms with Gasteiger partial charge in [-0.3, -0.25) is 4.98 Å². The molecule has 1 heterocycles. The lowest BCUT2D eigenvalue weighted by molar-refractivity contribution is 0.0697. The minimum absolute atomic E-state index is 0.113. The fourth-order valence-electron chi connectivity index (χ4n) is 3.26. The number of nitrogens with zero attached hydrogens (tertiary/aromatic N) is 2. The predicted molar refractivity (Wildman–Crippen MR) is 93.4 cm³/mol. The average Bonchev–Trinajstić information content (AvgIpc) is 2.67. The molecule has 1 aromatic carbocycles. The molecule has 1 aliphatic carbocycles. The van der Waals surface area contributed by atoms with E-state index in [1.165, 1.54) is 38.2 Å². The largest absolute Gasteiger partial charge is 0.492 e. The van der Waals surface area contributed by atoms with Gasteiger partial charge in [0.05, 0.1) is 23.4 Å². The standard InChI is InChI=1S/C20H20N2O3/c21-12-16-11-15(19-17(20(23)24)7-4-10-22-19)8-9-18(16)25-13-14-5-2-1-3-6-14/h4,7-11,14H,1-3,5-6,13H2,(H,23,24). The summed E-state index contributed by atoms with van der Waals surface area (Å²) >= 11 is 0. The van der Waals surface area contributed by atoms with Crippen molar-refractivity contribution in [3.05, 3.63) is 47.7 Å². The fraction of sp³-hybridized carbons (Fsp3) is 0.350. The molecule has 0 bridgehead atoms. The van der Waals surface area contributed by atoms with Crippen LogP contribution in [0, 0.1) is 17.2 Å². The van der Waals surface area contributed by atoms with E-state index in [4.69, 9.17) is 4.74 Å². The van der Waals surface area contributed by atoms with E-state index >= 15 is 0 Å². The summed E-state index contributed by atoms with van der Waals surface area (Å²) in [5, 5.41) is 18.7. The van der Waals surface area contributed by atoms with Crippen LogP contribution in [-0.4, -0.2) is 22.7 Å². The minimum atomic E-state index is -1.04. The molecule has 25 heavy (non-hydrogen) atoms. The molecular weight excluding hydrogens is 316 g/mol. The van der Waals surface area contributed by atoms with E-state index in [0.717, 1.165) is 0 Å². The summed E-state index contributed by atoms with van der Waals surface area (Å²) in [7, 11) is 0. The van der Waals surface area contributed by atoms with Crippen LogP contribution in [0.15, 0.2) is 36.5 Å². The first-order valence-corrected chi connectivity index (χ1v) is 8.54. The third-order valence-electron chi connectivity index (χ3n) is 4.61. The maximum absolute atomic E-state index is 11.4. The highest BCUT2D eigenvalue weighted by atomic mass is 16.5. The number of pyridine rings is 1. The van der Waals surface area contributed by atoms with Crippen LogP contribution in [0.2, 0.25) is 0 Å². The first-order valence-electron chi connectivity index (χ1n) is 8.54. The Kier molecular flexibility index (Phi) is 5.30. The topological polar surface area (TPSA) is 83.2 Å². The van der Waals surface area contributed by atoms with Gasteiger partial charge in [0, 0.05) is 11.8 Å². The number of benzene rings is 1. The maximum Gasteiger partial charge on any atom is 0.337 e. The lowest BCUT2D eigenvalue weighted by Gasteiger charge is -2.22. The summed E-state index contributed by atoms with van der Waals surface area (Å²) in [4.78, 5) is 15.5. The summed E-state index contributed by atoms with van der Waals surface area (Å²) in [5.41, 5.74) is 1.46. The molecule has 0 saturated heterocycles. The van der Waals surface area contributed by atoms with Crippen molar-refractivity contribution in [3.63, 3.8) is 0 Å². The molecule has 5 nitrogen and oxygen atoms in total. The Morgan fingerprint density at radius 1 is 1.28 bits per heavy atom. The number of hydrogen-bond donors (Lipinski definition) is 1. The Bertz CT molecular complexity index is 805. The molecule has 1 fully saturated rings. The van der Waals surface area contributed by atoms with E-state index in [1.807, 2.05) is 0 Å². The normalized spacial score (nSPS) is 14.7. The van der Waals surface area contributed by atoms with E-state index in [2.05, 4.69) is 11.1 Å². The highest BCUT2D eigenvalue weighted by Gasteiger charge is 2.17. The third-order valence-corrected chi connectivity index (χ3v) is 4.61. The van der Waals surface area contributed by atoms with E-state index in [0.29, 0.717) is 35.1 Å². The molecule has 1 N–H and O–H groups in total. The molecular formula is C20H20N2O3. The Balaban J connectivity index is 1.83. The number of rotatable bonds is 5. The molecule has 1 aromatic heterocycles. The molecule has 3 rings (SSSR count). The Morgan fingerprint density at radius 2 is 2.08 bits per heavy atom. The van der Waals surface area contributed by atoms with E-state index in [-0.39, 0.29) is 5.56 Å². The molecule has 1 saturated carbocycles.